The van der Waals surface area contributed by atoms with E-state index in [4.69, 9.17) is 9.26 Å². The topological polar surface area (TPSA) is 144 Å². The number of anilines is 2. The van der Waals surface area contributed by atoms with Crippen molar-refractivity contribution in [3.8, 4) is 17.0 Å². The first kappa shape index (κ1) is 38.1. The number of nitrogens with zero attached hydrogens (tertiary/aromatic N) is 5. The van der Waals surface area contributed by atoms with E-state index < -0.39 is 34.4 Å². The summed E-state index contributed by atoms with van der Waals surface area (Å²) < 4.78 is 55.1. The molecule has 1 aromatic carbocycles. The molecule has 15 heteroatoms. The number of aldehydes is 1. The molecule has 0 bridgehead atoms. The van der Waals surface area contributed by atoms with Crippen molar-refractivity contribution in [3.63, 3.8) is 0 Å². The normalized spacial score (nSPS) is 16.4. The van der Waals surface area contributed by atoms with E-state index in [0.717, 1.165) is 71.0 Å². The Balaban J connectivity index is 1.09. The maximum atomic E-state index is 15.4. The van der Waals surface area contributed by atoms with Crippen molar-refractivity contribution in [2.75, 3.05) is 24.3 Å². The first-order valence-electron chi connectivity index (χ1n) is 18.5. The number of carbonyl (C=O) groups is 2. The lowest BCUT2D eigenvalue weighted by Crippen LogP contribution is -2.40. The van der Waals surface area contributed by atoms with Crippen LogP contribution in [0.4, 0.5) is 20.3 Å². The number of aromatic amines is 1. The lowest BCUT2D eigenvalue weighted by atomic mass is 9.91. The molecular formula is C40H44F2N6O6S. The summed E-state index contributed by atoms with van der Waals surface area (Å²) in [5, 5.41) is 4.77. The number of amides is 1. The summed E-state index contributed by atoms with van der Waals surface area (Å²) >= 11 is 0. The Kier molecular flexibility index (Phi) is 11.0. The number of H-pyrrole nitrogens is 1. The summed E-state index contributed by atoms with van der Waals surface area (Å²) in [6, 6.07) is 6.01. The zero-order chi connectivity index (χ0) is 39.0. The van der Waals surface area contributed by atoms with Crippen molar-refractivity contribution in [2.24, 2.45) is 13.0 Å². The molecular weight excluding hydrogens is 731 g/mol. The largest absolute Gasteiger partial charge is 0.476 e. The van der Waals surface area contributed by atoms with Gasteiger partial charge in [-0.2, -0.15) is 0 Å². The first-order chi connectivity index (χ1) is 26.4. The third-order valence-corrected chi connectivity index (χ3v) is 11.3. The number of ether oxygens (including phenoxy) is 1. The molecule has 1 fully saturated rings. The monoisotopic (exact) mass is 774 g/mol. The van der Waals surface area contributed by atoms with E-state index >= 15 is 4.39 Å². The average molecular weight is 775 g/mol. The van der Waals surface area contributed by atoms with Crippen LogP contribution in [0.5, 0.6) is 5.88 Å². The van der Waals surface area contributed by atoms with Crippen LogP contribution in [-0.2, 0) is 46.2 Å². The van der Waals surface area contributed by atoms with Gasteiger partial charge in [0.25, 0.3) is 11.4 Å². The van der Waals surface area contributed by atoms with Gasteiger partial charge in [-0.15, -0.1) is 0 Å². The van der Waals surface area contributed by atoms with Crippen LogP contribution in [0.3, 0.4) is 0 Å². The predicted molar refractivity (Wildman–Crippen MR) is 205 cm³/mol. The maximum Gasteiger partial charge on any atom is 0.274 e. The number of likely N-dealkylation sites (tertiary alicyclic amines) is 1. The highest BCUT2D eigenvalue weighted by Crippen LogP contribution is 2.45. The van der Waals surface area contributed by atoms with E-state index in [9.17, 15) is 23.0 Å². The first-order valence-corrected chi connectivity index (χ1v) is 20.3. The van der Waals surface area contributed by atoms with Crippen molar-refractivity contribution in [3.05, 3.63) is 87.3 Å². The molecule has 0 saturated carbocycles. The fourth-order valence-corrected chi connectivity index (χ4v) is 8.60. The van der Waals surface area contributed by atoms with Gasteiger partial charge in [0, 0.05) is 77.4 Å². The van der Waals surface area contributed by atoms with Crippen LogP contribution >= 0.6 is 0 Å². The number of pyridine rings is 2. The third-order valence-electron chi connectivity index (χ3n) is 10.5. The molecule has 5 aromatic rings. The van der Waals surface area contributed by atoms with Gasteiger partial charge in [-0.25, -0.2) is 13.8 Å². The molecule has 4 aromatic heterocycles. The molecule has 1 amide bonds. The number of aromatic nitrogens is 4. The second kappa shape index (κ2) is 15.9. The summed E-state index contributed by atoms with van der Waals surface area (Å²) in [6.07, 6.45) is 11.3. The highest BCUT2D eigenvalue weighted by atomic mass is 32.2. The Morgan fingerprint density at radius 2 is 1.96 bits per heavy atom. The van der Waals surface area contributed by atoms with Gasteiger partial charge < -0.3 is 33.4 Å². The molecule has 0 aliphatic carbocycles. The van der Waals surface area contributed by atoms with Gasteiger partial charge in [-0.3, -0.25) is 13.8 Å². The van der Waals surface area contributed by atoms with E-state index in [1.54, 1.807) is 41.6 Å². The van der Waals surface area contributed by atoms with Gasteiger partial charge in [-0.1, -0.05) is 13.8 Å². The molecule has 0 spiro atoms. The van der Waals surface area contributed by atoms with Gasteiger partial charge >= 0.3 is 0 Å². The summed E-state index contributed by atoms with van der Waals surface area (Å²) in [5.74, 6) is -1.45. The predicted octanol–water partition coefficient (Wildman–Crippen LogP) is 6.45. The van der Waals surface area contributed by atoms with Crippen molar-refractivity contribution in [1.29, 1.82) is 0 Å². The molecule has 2 aliphatic heterocycles. The average Bonchev–Trinajstić information content (AvgIpc) is 3.90. The van der Waals surface area contributed by atoms with Crippen molar-refractivity contribution in [1.82, 2.24) is 24.6 Å². The van der Waals surface area contributed by atoms with E-state index in [1.807, 2.05) is 26.0 Å². The second-order valence-corrected chi connectivity index (χ2v) is 16.2. The van der Waals surface area contributed by atoms with Crippen LogP contribution in [0.15, 0.2) is 52.2 Å². The zero-order valence-electron chi connectivity index (χ0n) is 31.3. The fraction of sp³-hybridized carbons (Fsp3) is 0.425. The van der Waals surface area contributed by atoms with Gasteiger partial charge in [0.15, 0.2) is 17.4 Å². The highest BCUT2D eigenvalue weighted by Gasteiger charge is 2.37. The van der Waals surface area contributed by atoms with E-state index in [2.05, 4.69) is 15.1 Å². The molecule has 3 unspecified atom stereocenters. The number of halogens is 2. The number of carbonyl (C=O) groups excluding carboxylic acids is 2. The molecule has 7 rings (SSSR count). The summed E-state index contributed by atoms with van der Waals surface area (Å²) in [6.45, 7) is 4.95. The molecule has 3 atom stereocenters. The van der Waals surface area contributed by atoms with Crippen LogP contribution in [-0.4, -0.2) is 66.4 Å². The number of rotatable bonds is 14. The van der Waals surface area contributed by atoms with Crippen molar-refractivity contribution in [2.45, 2.75) is 76.6 Å². The molecule has 1 N–H and O–H groups in total. The van der Waals surface area contributed by atoms with E-state index in [-0.39, 0.29) is 29.7 Å². The van der Waals surface area contributed by atoms with E-state index in [1.165, 1.54) is 4.57 Å². The molecule has 55 heavy (non-hydrogen) atoms. The number of nitrogens with one attached hydrogen (secondary N) is 1. The Hall–Kier alpha value is -5.18. The Labute approximate surface area is 319 Å². The Bertz CT molecular complexity index is 2340. The minimum absolute atomic E-state index is 0.0484. The van der Waals surface area contributed by atoms with Crippen LogP contribution in [0.2, 0.25) is 0 Å². The smallest absolute Gasteiger partial charge is 0.274 e. The van der Waals surface area contributed by atoms with Crippen LogP contribution in [0.1, 0.15) is 74.3 Å². The number of aryl methyl sites for hydroxylation is 2. The second-order valence-electron chi connectivity index (χ2n) is 14.7. The van der Waals surface area contributed by atoms with Gasteiger partial charge in [0.05, 0.1) is 31.1 Å². The standard InChI is InChI=1S/C40H44F2N6O6S/c1-23(2)35(39(50)47-11-8-10-28(47)21-49)33-16-34(45-54-33)53-12-7-5-6-9-24-14-32-29(13-25(24)22-55(4)52)30-20-46(3)40(51)37-36(30)26(17-43-37)19-48(32)38-31(42)15-27(41)18-44-38/h13-18,20-21,23,28,35,43H,5-12,19,22H2,1-4H3. The SMILES string of the molecule is CC(C)C(C(=O)N1CCCC1C=O)c1cc(OCCCCCc2cc3c(cc2CS(C)=O)-c2cn(C)c(=O)c4[nH]cc(c24)CN3c2ncc(F)cc2F)no1. The molecule has 2 aliphatic rings. The number of fused-ring (bicyclic) bond motifs is 2. The van der Waals surface area contributed by atoms with Crippen molar-refractivity contribution >= 4 is 45.4 Å². The summed E-state index contributed by atoms with van der Waals surface area (Å²) in [4.78, 5) is 48.6. The van der Waals surface area contributed by atoms with Gasteiger partial charge in [-0.05, 0) is 78.4 Å². The summed E-state index contributed by atoms with van der Waals surface area (Å²) in [7, 11) is 0.502. The Morgan fingerprint density at radius 1 is 1.15 bits per heavy atom. The van der Waals surface area contributed by atoms with E-state index in [0.29, 0.717) is 61.0 Å². The zero-order valence-corrected chi connectivity index (χ0v) is 32.1. The lowest BCUT2D eigenvalue weighted by Gasteiger charge is -2.26. The van der Waals surface area contributed by atoms with Crippen molar-refractivity contribution < 1.29 is 31.8 Å². The van der Waals surface area contributed by atoms with Crippen LogP contribution < -0.4 is 15.2 Å². The molecule has 12 nitrogen and oxygen atoms in total. The quantitative estimate of drug-likeness (QED) is 0.0996. The number of benzene rings is 1. The third kappa shape index (κ3) is 7.58. The highest BCUT2D eigenvalue weighted by molar-refractivity contribution is 7.83. The minimum atomic E-state index is -1.17. The van der Waals surface area contributed by atoms with Crippen LogP contribution in [0, 0.1) is 17.6 Å². The lowest BCUT2D eigenvalue weighted by molar-refractivity contribution is -0.137. The van der Waals surface area contributed by atoms with Gasteiger partial charge in [0.2, 0.25) is 5.91 Å². The molecule has 290 valence electrons. The minimum Gasteiger partial charge on any atom is -0.476 e. The number of hydrogen-bond acceptors (Lipinski definition) is 9. The summed E-state index contributed by atoms with van der Waals surface area (Å²) in [5.41, 5.74) is 4.93. The number of hydrogen-bond donors (Lipinski definition) is 1. The van der Waals surface area contributed by atoms with Crippen LogP contribution in [0.25, 0.3) is 22.0 Å². The Morgan fingerprint density at radius 3 is 2.71 bits per heavy atom. The number of unbranched alkanes of at least 4 members (excludes halogenated alkanes) is 2. The maximum absolute atomic E-state index is 15.4. The van der Waals surface area contributed by atoms with Gasteiger partial charge in [0.1, 0.15) is 23.5 Å². The molecule has 6 heterocycles. The fourth-order valence-electron chi connectivity index (χ4n) is 7.89. The molecule has 0 radical (unpaired) electrons. The molecule has 1 saturated heterocycles.